The van der Waals surface area contributed by atoms with Crippen LogP contribution in [0.15, 0.2) is 0 Å². The molecule has 2 atom stereocenters. The second kappa shape index (κ2) is 5.65. The van der Waals surface area contributed by atoms with Crippen LogP contribution in [0.3, 0.4) is 0 Å². The van der Waals surface area contributed by atoms with Gasteiger partial charge in [-0.1, -0.05) is 19.8 Å². The zero-order chi connectivity index (χ0) is 7.98. The third-order valence-corrected chi connectivity index (χ3v) is 1.56. The molecule has 0 aromatic rings. The van der Waals surface area contributed by atoms with Crippen molar-refractivity contribution in [1.82, 2.24) is 0 Å². The molecule has 62 valence electrons. The molecule has 0 fully saturated rings. The van der Waals surface area contributed by atoms with E-state index < -0.39 is 12.1 Å². The molecule has 0 aromatic heterocycles. The monoisotopic (exact) mass is 147 g/mol. The molecule has 0 bridgehead atoms. The Morgan fingerprint density at radius 3 is 2.50 bits per heavy atom. The van der Waals surface area contributed by atoms with E-state index >= 15 is 0 Å². The van der Waals surface area contributed by atoms with E-state index in [-0.39, 0.29) is 6.61 Å². The lowest BCUT2D eigenvalue weighted by Crippen LogP contribution is -2.37. The lowest BCUT2D eigenvalue weighted by Gasteiger charge is -2.15. The number of aliphatic hydroxyl groups is 2. The van der Waals surface area contributed by atoms with Crippen LogP contribution in [0.25, 0.3) is 0 Å². The standard InChI is InChI=1S/C7H17NO2/c1-2-3-4-7(10)6(8)5-9/h6-7,9-10H,2-5,8H2,1H3/t6-,7?/m0/s1. The molecule has 0 aromatic carbocycles. The summed E-state index contributed by atoms with van der Waals surface area (Å²) in [5.74, 6) is 0. The SMILES string of the molecule is CCCCC(O)[C@@H](N)CO. The second-order valence-electron chi connectivity index (χ2n) is 2.56. The third-order valence-electron chi connectivity index (χ3n) is 1.56. The fraction of sp³-hybridized carbons (Fsp3) is 1.00. The number of hydrogen-bond donors (Lipinski definition) is 3. The van der Waals surface area contributed by atoms with Gasteiger partial charge in [0, 0.05) is 0 Å². The number of rotatable bonds is 5. The minimum Gasteiger partial charge on any atom is -0.395 e. The van der Waals surface area contributed by atoms with Gasteiger partial charge in [-0.15, -0.1) is 0 Å². The Labute approximate surface area is 61.9 Å². The van der Waals surface area contributed by atoms with E-state index in [1.165, 1.54) is 0 Å². The molecule has 3 heteroatoms. The van der Waals surface area contributed by atoms with Crippen LogP contribution in [0.5, 0.6) is 0 Å². The molecular formula is C7H17NO2. The third kappa shape index (κ3) is 3.82. The van der Waals surface area contributed by atoms with Gasteiger partial charge in [-0.2, -0.15) is 0 Å². The van der Waals surface area contributed by atoms with E-state index in [9.17, 15) is 0 Å². The van der Waals surface area contributed by atoms with Gasteiger partial charge in [0.05, 0.1) is 18.8 Å². The maximum Gasteiger partial charge on any atom is 0.0713 e. The summed E-state index contributed by atoms with van der Waals surface area (Å²) in [6.45, 7) is 1.92. The van der Waals surface area contributed by atoms with Crippen molar-refractivity contribution in [2.75, 3.05) is 6.61 Å². The van der Waals surface area contributed by atoms with Crippen molar-refractivity contribution >= 4 is 0 Å². The van der Waals surface area contributed by atoms with Crippen LogP contribution >= 0.6 is 0 Å². The van der Waals surface area contributed by atoms with Gasteiger partial charge in [-0.05, 0) is 6.42 Å². The topological polar surface area (TPSA) is 66.5 Å². The first-order chi connectivity index (χ1) is 4.72. The molecule has 10 heavy (non-hydrogen) atoms. The smallest absolute Gasteiger partial charge is 0.0713 e. The van der Waals surface area contributed by atoms with Crippen molar-refractivity contribution < 1.29 is 10.2 Å². The second-order valence-corrected chi connectivity index (χ2v) is 2.56. The highest BCUT2D eigenvalue weighted by atomic mass is 16.3. The summed E-state index contributed by atoms with van der Waals surface area (Å²) in [7, 11) is 0. The van der Waals surface area contributed by atoms with Crippen molar-refractivity contribution in [2.45, 2.75) is 38.3 Å². The first-order valence-electron chi connectivity index (χ1n) is 3.76. The van der Waals surface area contributed by atoms with Crippen molar-refractivity contribution in [3.63, 3.8) is 0 Å². The maximum absolute atomic E-state index is 9.16. The van der Waals surface area contributed by atoms with E-state index in [2.05, 4.69) is 6.92 Å². The molecule has 1 unspecified atom stereocenters. The van der Waals surface area contributed by atoms with Gasteiger partial charge in [0.15, 0.2) is 0 Å². The van der Waals surface area contributed by atoms with Crippen molar-refractivity contribution in [3.05, 3.63) is 0 Å². The minimum absolute atomic E-state index is 0.134. The van der Waals surface area contributed by atoms with Crippen molar-refractivity contribution in [3.8, 4) is 0 Å². The van der Waals surface area contributed by atoms with E-state index in [1.807, 2.05) is 0 Å². The zero-order valence-corrected chi connectivity index (χ0v) is 6.45. The highest BCUT2D eigenvalue weighted by Gasteiger charge is 2.11. The van der Waals surface area contributed by atoms with Crippen LogP contribution in [0.1, 0.15) is 26.2 Å². The molecule has 0 aliphatic heterocycles. The minimum atomic E-state index is -0.537. The highest BCUT2D eigenvalue weighted by molar-refractivity contribution is 4.69. The lowest BCUT2D eigenvalue weighted by atomic mass is 10.1. The Morgan fingerprint density at radius 2 is 2.10 bits per heavy atom. The fourth-order valence-corrected chi connectivity index (χ4v) is 0.749. The summed E-state index contributed by atoms with van der Waals surface area (Å²) in [5.41, 5.74) is 5.36. The number of unbranched alkanes of at least 4 members (excludes halogenated alkanes) is 1. The van der Waals surface area contributed by atoms with Crippen LogP contribution in [-0.2, 0) is 0 Å². The van der Waals surface area contributed by atoms with Crippen molar-refractivity contribution in [2.24, 2.45) is 5.73 Å². The molecule has 3 nitrogen and oxygen atoms in total. The first-order valence-corrected chi connectivity index (χ1v) is 3.76. The Bertz CT molecular complexity index is 78.0. The summed E-state index contributed by atoms with van der Waals surface area (Å²) in [5, 5.41) is 17.7. The highest BCUT2D eigenvalue weighted by Crippen LogP contribution is 2.02. The van der Waals surface area contributed by atoms with Gasteiger partial charge in [0.1, 0.15) is 0 Å². The summed E-state index contributed by atoms with van der Waals surface area (Å²) >= 11 is 0. The average Bonchev–Trinajstić information content (AvgIpc) is 1.98. The van der Waals surface area contributed by atoms with Gasteiger partial charge in [0.25, 0.3) is 0 Å². The summed E-state index contributed by atoms with van der Waals surface area (Å²) in [6.07, 6.45) is 2.17. The molecule has 0 saturated heterocycles. The predicted octanol–water partition coefficient (Wildman–Crippen LogP) is -0.143. The van der Waals surface area contributed by atoms with Crippen LogP contribution < -0.4 is 5.73 Å². The first kappa shape index (κ1) is 9.88. The van der Waals surface area contributed by atoms with Crippen LogP contribution in [-0.4, -0.2) is 29.0 Å². The molecule has 0 saturated carbocycles. The quantitative estimate of drug-likeness (QED) is 0.507. The Balaban J connectivity index is 3.31. The molecule has 0 amide bonds. The molecule has 0 spiro atoms. The molecule has 0 aliphatic carbocycles. The summed E-state index contributed by atoms with van der Waals surface area (Å²) < 4.78 is 0. The van der Waals surface area contributed by atoms with Crippen LogP contribution in [0.2, 0.25) is 0 Å². The van der Waals surface area contributed by atoms with E-state index in [4.69, 9.17) is 15.9 Å². The summed E-state index contributed by atoms with van der Waals surface area (Å²) in [6, 6.07) is -0.466. The molecule has 4 N–H and O–H groups in total. The normalized spacial score (nSPS) is 16.8. The molecule has 0 heterocycles. The molecule has 0 radical (unpaired) electrons. The van der Waals surface area contributed by atoms with Gasteiger partial charge < -0.3 is 15.9 Å². The predicted molar refractivity (Wildman–Crippen MR) is 40.6 cm³/mol. The largest absolute Gasteiger partial charge is 0.395 e. The number of hydrogen-bond acceptors (Lipinski definition) is 3. The van der Waals surface area contributed by atoms with Gasteiger partial charge in [-0.3, -0.25) is 0 Å². The molecular weight excluding hydrogens is 130 g/mol. The van der Waals surface area contributed by atoms with E-state index in [1.54, 1.807) is 0 Å². The molecule has 0 aliphatic rings. The van der Waals surface area contributed by atoms with E-state index in [0.29, 0.717) is 6.42 Å². The summed E-state index contributed by atoms with van der Waals surface area (Å²) in [4.78, 5) is 0. The zero-order valence-electron chi connectivity index (χ0n) is 6.45. The average molecular weight is 147 g/mol. The molecule has 0 rings (SSSR count). The van der Waals surface area contributed by atoms with Gasteiger partial charge in [-0.25, -0.2) is 0 Å². The van der Waals surface area contributed by atoms with Gasteiger partial charge >= 0.3 is 0 Å². The fourth-order valence-electron chi connectivity index (χ4n) is 0.749. The van der Waals surface area contributed by atoms with Crippen LogP contribution in [0.4, 0.5) is 0 Å². The van der Waals surface area contributed by atoms with Crippen molar-refractivity contribution in [1.29, 1.82) is 0 Å². The number of nitrogens with two attached hydrogens (primary N) is 1. The van der Waals surface area contributed by atoms with Gasteiger partial charge in [0.2, 0.25) is 0 Å². The Morgan fingerprint density at radius 1 is 1.50 bits per heavy atom. The van der Waals surface area contributed by atoms with E-state index in [0.717, 1.165) is 12.8 Å². The Kier molecular flexibility index (Phi) is 5.58. The lowest BCUT2D eigenvalue weighted by molar-refractivity contribution is 0.0995. The van der Waals surface area contributed by atoms with Crippen LogP contribution in [0, 0.1) is 0 Å². The maximum atomic E-state index is 9.16. The Hall–Kier alpha value is -0.120. The number of aliphatic hydroxyl groups excluding tert-OH is 2.